The molecule has 0 bridgehead atoms. The van der Waals surface area contributed by atoms with Crippen LogP contribution >= 0.6 is 22.6 Å². The predicted octanol–water partition coefficient (Wildman–Crippen LogP) is 4.05. The number of anilines is 1. The minimum absolute atomic E-state index is 0.0403. The summed E-state index contributed by atoms with van der Waals surface area (Å²) in [6.07, 6.45) is 1.03. The number of hydrogen-bond donors (Lipinski definition) is 1. The highest BCUT2D eigenvalue weighted by Crippen LogP contribution is 2.39. The predicted molar refractivity (Wildman–Crippen MR) is 80.4 cm³/mol. The number of halogens is 1. The van der Waals surface area contributed by atoms with E-state index in [0.29, 0.717) is 6.04 Å². The van der Waals surface area contributed by atoms with Crippen molar-refractivity contribution in [1.29, 1.82) is 0 Å². The Morgan fingerprint density at radius 2 is 1.88 bits per heavy atom. The molecule has 1 aromatic carbocycles. The second-order valence-electron chi connectivity index (χ2n) is 5.85. The molecule has 0 amide bonds. The number of hydrogen-bond acceptors (Lipinski definition) is 2. The topological polar surface area (TPSA) is 21.3 Å². The van der Waals surface area contributed by atoms with Gasteiger partial charge in [-0.25, -0.2) is 0 Å². The van der Waals surface area contributed by atoms with Crippen LogP contribution in [-0.2, 0) is 4.74 Å². The van der Waals surface area contributed by atoms with Crippen molar-refractivity contribution in [2.75, 3.05) is 5.32 Å². The summed E-state index contributed by atoms with van der Waals surface area (Å²) in [5.74, 6) is 0. The van der Waals surface area contributed by atoms with Crippen molar-refractivity contribution in [2.45, 2.75) is 51.4 Å². The van der Waals surface area contributed by atoms with Gasteiger partial charge < -0.3 is 10.1 Å². The van der Waals surface area contributed by atoms with Crippen LogP contribution in [0.1, 0.15) is 34.1 Å². The Balaban J connectivity index is 2.17. The molecule has 1 aliphatic rings. The van der Waals surface area contributed by atoms with Crippen molar-refractivity contribution in [1.82, 2.24) is 0 Å². The van der Waals surface area contributed by atoms with E-state index in [1.54, 1.807) is 0 Å². The molecule has 0 aromatic heterocycles. The van der Waals surface area contributed by atoms with E-state index >= 15 is 0 Å². The Bertz CT molecular complexity index is 414. The first-order valence-corrected chi connectivity index (χ1v) is 7.09. The zero-order valence-corrected chi connectivity index (χ0v) is 13.0. The Kier molecular flexibility index (Phi) is 3.42. The number of rotatable bonds is 2. The molecule has 3 heteroatoms. The van der Waals surface area contributed by atoms with Gasteiger partial charge in [0.2, 0.25) is 0 Å². The van der Waals surface area contributed by atoms with Crippen LogP contribution in [0.25, 0.3) is 0 Å². The number of nitrogens with one attached hydrogen (secondary N) is 1. The molecular weight excluding hydrogens is 325 g/mol. The van der Waals surface area contributed by atoms with Crippen molar-refractivity contribution in [3.63, 3.8) is 0 Å². The summed E-state index contributed by atoms with van der Waals surface area (Å²) in [7, 11) is 0. The molecule has 1 atom stereocenters. The van der Waals surface area contributed by atoms with Gasteiger partial charge >= 0.3 is 0 Å². The average Bonchev–Trinajstić information content (AvgIpc) is 2.38. The average molecular weight is 345 g/mol. The van der Waals surface area contributed by atoms with E-state index < -0.39 is 0 Å². The highest BCUT2D eigenvalue weighted by molar-refractivity contribution is 14.1. The van der Waals surface area contributed by atoms with Crippen LogP contribution < -0.4 is 5.32 Å². The molecule has 0 saturated carbocycles. The Morgan fingerprint density at radius 1 is 1.24 bits per heavy atom. The van der Waals surface area contributed by atoms with E-state index in [4.69, 9.17) is 4.74 Å². The quantitative estimate of drug-likeness (QED) is 0.817. The lowest BCUT2D eigenvalue weighted by Crippen LogP contribution is -2.38. The minimum Gasteiger partial charge on any atom is -0.378 e. The van der Waals surface area contributed by atoms with Gasteiger partial charge in [0.15, 0.2) is 0 Å². The number of benzene rings is 1. The minimum atomic E-state index is -0.123. The second-order valence-corrected chi connectivity index (χ2v) is 7.01. The lowest BCUT2D eigenvalue weighted by molar-refractivity contribution is -0.0662. The lowest BCUT2D eigenvalue weighted by atomic mass is 9.94. The standard InChI is InChI=1S/C14H20INO/c1-13(2)9-12(14(3,4)17-13)16-11-8-6-5-7-10(11)15/h5-8,12,16H,9H2,1-4H3. The molecule has 17 heavy (non-hydrogen) atoms. The molecule has 1 heterocycles. The highest BCUT2D eigenvalue weighted by atomic mass is 127. The fraction of sp³-hybridized carbons (Fsp3) is 0.571. The van der Waals surface area contributed by atoms with Gasteiger partial charge in [-0.3, -0.25) is 0 Å². The molecule has 1 saturated heterocycles. The zero-order valence-electron chi connectivity index (χ0n) is 10.9. The van der Waals surface area contributed by atoms with Gasteiger partial charge in [0.25, 0.3) is 0 Å². The molecule has 94 valence electrons. The van der Waals surface area contributed by atoms with Crippen LogP contribution in [0.5, 0.6) is 0 Å². The van der Waals surface area contributed by atoms with Gasteiger partial charge in [-0.2, -0.15) is 0 Å². The molecule has 1 fully saturated rings. The van der Waals surface area contributed by atoms with E-state index in [0.717, 1.165) is 6.42 Å². The van der Waals surface area contributed by atoms with Crippen LogP contribution in [0.3, 0.4) is 0 Å². The largest absolute Gasteiger partial charge is 0.378 e. The zero-order chi connectivity index (χ0) is 12.7. The van der Waals surface area contributed by atoms with Crippen molar-refractivity contribution < 1.29 is 4.74 Å². The summed E-state index contributed by atoms with van der Waals surface area (Å²) in [6.45, 7) is 8.64. The maximum absolute atomic E-state index is 6.10. The van der Waals surface area contributed by atoms with Crippen molar-refractivity contribution in [3.8, 4) is 0 Å². The molecule has 1 unspecified atom stereocenters. The van der Waals surface area contributed by atoms with Gasteiger partial charge in [0.05, 0.1) is 17.2 Å². The third-order valence-corrected chi connectivity index (χ3v) is 4.22. The summed E-state index contributed by atoms with van der Waals surface area (Å²) in [4.78, 5) is 0. The highest BCUT2D eigenvalue weighted by Gasteiger charge is 2.45. The van der Waals surface area contributed by atoms with Gasteiger partial charge in [-0.05, 0) is 68.8 Å². The summed E-state index contributed by atoms with van der Waals surface area (Å²) in [6, 6.07) is 8.74. The molecule has 1 N–H and O–H groups in total. The summed E-state index contributed by atoms with van der Waals surface area (Å²) >= 11 is 2.36. The van der Waals surface area contributed by atoms with Gasteiger partial charge in [-0.15, -0.1) is 0 Å². The maximum atomic E-state index is 6.10. The third kappa shape index (κ3) is 2.94. The molecule has 2 nitrogen and oxygen atoms in total. The maximum Gasteiger partial charge on any atom is 0.0834 e. The smallest absolute Gasteiger partial charge is 0.0834 e. The molecular formula is C14H20INO. The number of para-hydroxylation sites is 1. The second kappa shape index (κ2) is 4.43. The summed E-state index contributed by atoms with van der Waals surface area (Å²) in [5.41, 5.74) is 1.04. The molecule has 0 aliphatic carbocycles. The van der Waals surface area contributed by atoms with Crippen LogP contribution in [-0.4, -0.2) is 17.2 Å². The molecule has 0 spiro atoms. The fourth-order valence-corrected chi connectivity index (χ4v) is 3.10. The van der Waals surface area contributed by atoms with Gasteiger partial charge in [0, 0.05) is 9.26 Å². The molecule has 1 aliphatic heterocycles. The van der Waals surface area contributed by atoms with Crippen LogP contribution in [0.15, 0.2) is 24.3 Å². The van der Waals surface area contributed by atoms with E-state index in [1.165, 1.54) is 9.26 Å². The Hall–Kier alpha value is -0.290. The first kappa shape index (κ1) is 13.1. The van der Waals surface area contributed by atoms with Gasteiger partial charge in [-0.1, -0.05) is 12.1 Å². The van der Waals surface area contributed by atoms with Crippen molar-refractivity contribution >= 4 is 28.3 Å². The first-order valence-electron chi connectivity index (χ1n) is 6.01. The molecule has 0 radical (unpaired) electrons. The van der Waals surface area contributed by atoms with Crippen LogP contribution in [0.4, 0.5) is 5.69 Å². The van der Waals surface area contributed by atoms with E-state index in [9.17, 15) is 0 Å². The SMILES string of the molecule is CC1(C)CC(Nc2ccccc2I)C(C)(C)O1. The monoisotopic (exact) mass is 345 g/mol. The van der Waals surface area contributed by atoms with Crippen LogP contribution in [0.2, 0.25) is 0 Å². The number of ether oxygens (including phenoxy) is 1. The van der Waals surface area contributed by atoms with Crippen LogP contribution in [0, 0.1) is 3.57 Å². The van der Waals surface area contributed by atoms with Gasteiger partial charge in [0.1, 0.15) is 0 Å². The van der Waals surface area contributed by atoms with Crippen molar-refractivity contribution in [3.05, 3.63) is 27.8 Å². The lowest BCUT2D eigenvalue weighted by Gasteiger charge is -2.28. The summed E-state index contributed by atoms with van der Waals surface area (Å²) in [5, 5.41) is 3.62. The van der Waals surface area contributed by atoms with E-state index in [-0.39, 0.29) is 11.2 Å². The Labute approximate surface area is 117 Å². The molecule has 1 aromatic rings. The summed E-state index contributed by atoms with van der Waals surface area (Å²) < 4.78 is 7.35. The first-order chi connectivity index (χ1) is 7.80. The fourth-order valence-electron chi connectivity index (χ4n) is 2.55. The molecule has 2 rings (SSSR count). The third-order valence-electron chi connectivity index (χ3n) is 3.28. The van der Waals surface area contributed by atoms with E-state index in [2.05, 4.69) is 79.9 Å². The van der Waals surface area contributed by atoms with Crippen molar-refractivity contribution in [2.24, 2.45) is 0 Å². The Morgan fingerprint density at radius 3 is 2.41 bits per heavy atom. The normalized spacial score (nSPS) is 25.8. The van der Waals surface area contributed by atoms with E-state index in [1.807, 2.05) is 0 Å².